The van der Waals surface area contributed by atoms with Crippen molar-refractivity contribution >= 4 is 22.6 Å². The Labute approximate surface area is 169 Å². The molecular weight excluding hydrogens is 366 g/mol. The zero-order valence-corrected chi connectivity index (χ0v) is 16.1. The molecule has 3 aromatic rings. The van der Waals surface area contributed by atoms with E-state index in [9.17, 15) is 9.59 Å². The van der Waals surface area contributed by atoms with Gasteiger partial charge in [-0.3, -0.25) is 4.79 Å². The summed E-state index contributed by atoms with van der Waals surface area (Å²) in [5.74, 6) is -0.251. The predicted molar refractivity (Wildman–Crippen MR) is 111 cm³/mol. The molecule has 0 radical (unpaired) electrons. The van der Waals surface area contributed by atoms with Crippen molar-refractivity contribution in [2.24, 2.45) is 0 Å². The van der Waals surface area contributed by atoms with Gasteiger partial charge in [-0.15, -0.1) is 0 Å². The lowest BCUT2D eigenvalue weighted by atomic mass is 9.86. The first-order valence-corrected chi connectivity index (χ1v) is 9.83. The van der Waals surface area contributed by atoms with Gasteiger partial charge in [0.1, 0.15) is 5.75 Å². The summed E-state index contributed by atoms with van der Waals surface area (Å²) in [6, 6.07) is 21.6. The number of carboxylic acids is 1. The number of piperidine rings is 1. The number of carbonyl (C=O) groups excluding carboxylic acids is 1. The zero-order chi connectivity index (χ0) is 20.2. The molecule has 1 N–H and O–H groups in total. The summed E-state index contributed by atoms with van der Waals surface area (Å²) in [5.41, 5.74) is 1.88. The van der Waals surface area contributed by atoms with Crippen molar-refractivity contribution < 1.29 is 19.4 Å². The molecule has 1 saturated heterocycles. The molecule has 0 bridgehead atoms. The third-order valence-corrected chi connectivity index (χ3v) is 5.49. The number of benzene rings is 3. The molecule has 3 aromatic carbocycles. The summed E-state index contributed by atoms with van der Waals surface area (Å²) in [6.07, 6.45) is 1.85. The highest BCUT2D eigenvalue weighted by Crippen LogP contribution is 2.33. The van der Waals surface area contributed by atoms with Gasteiger partial charge in [0.05, 0.1) is 0 Å². The van der Waals surface area contributed by atoms with Gasteiger partial charge in [-0.25, -0.2) is 4.79 Å². The molecule has 5 heteroatoms. The topological polar surface area (TPSA) is 66.8 Å². The van der Waals surface area contributed by atoms with Crippen LogP contribution in [0.1, 0.15) is 34.7 Å². The Balaban J connectivity index is 1.43. The van der Waals surface area contributed by atoms with Gasteiger partial charge in [0, 0.05) is 18.7 Å². The molecule has 0 saturated carbocycles. The lowest BCUT2D eigenvalue weighted by Crippen LogP contribution is -2.37. The maximum absolute atomic E-state index is 12.9. The molecule has 1 aliphatic heterocycles. The number of fused-ring (bicyclic) bond motifs is 1. The normalized spacial score (nSPS) is 14.7. The smallest absolute Gasteiger partial charge is 0.341 e. The van der Waals surface area contributed by atoms with Crippen molar-refractivity contribution in [1.29, 1.82) is 0 Å². The minimum atomic E-state index is -1.04. The molecule has 0 aromatic heterocycles. The first kappa shape index (κ1) is 19.0. The van der Waals surface area contributed by atoms with Gasteiger partial charge in [0.2, 0.25) is 0 Å². The number of nitrogens with zero attached hydrogens (tertiary/aromatic N) is 1. The maximum atomic E-state index is 12.9. The Bertz CT molecular complexity index is 1030. The van der Waals surface area contributed by atoms with Crippen LogP contribution in [0.4, 0.5) is 0 Å². The van der Waals surface area contributed by atoms with Crippen molar-refractivity contribution in [3.8, 4) is 5.75 Å². The number of hydrogen-bond acceptors (Lipinski definition) is 3. The fraction of sp³-hybridized carbons (Fsp3) is 0.250. The second-order valence-electron chi connectivity index (χ2n) is 7.35. The summed E-state index contributed by atoms with van der Waals surface area (Å²) < 4.78 is 5.19. The first-order valence-electron chi connectivity index (χ1n) is 9.83. The van der Waals surface area contributed by atoms with Gasteiger partial charge < -0.3 is 14.7 Å². The second-order valence-corrected chi connectivity index (χ2v) is 7.35. The van der Waals surface area contributed by atoms with Crippen molar-refractivity contribution in [2.75, 3.05) is 19.7 Å². The molecule has 1 fully saturated rings. The van der Waals surface area contributed by atoms with E-state index in [2.05, 4.69) is 42.5 Å². The number of amides is 1. The van der Waals surface area contributed by atoms with E-state index < -0.39 is 12.6 Å². The van der Waals surface area contributed by atoms with E-state index in [0.717, 1.165) is 12.8 Å². The largest absolute Gasteiger partial charge is 0.482 e. The molecule has 0 atom stereocenters. The van der Waals surface area contributed by atoms with E-state index in [0.29, 0.717) is 30.3 Å². The molecule has 1 amide bonds. The molecule has 5 nitrogen and oxygen atoms in total. The van der Waals surface area contributed by atoms with Crippen LogP contribution in [0.25, 0.3) is 10.8 Å². The van der Waals surface area contributed by atoms with Crippen LogP contribution >= 0.6 is 0 Å². The highest BCUT2D eigenvalue weighted by molar-refractivity contribution is 5.94. The van der Waals surface area contributed by atoms with Gasteiger partial charge in [0.15, 0.2) is 6.61 Å². The maximum Gasteiger partial charge on any atom is 0.341 e. The lowest BCUT2D eigenvalue weighted by molar-refractivity contribution is -0.139. The van der Waals surface area contributed by atoms with Gasteiger partial charge in [0.25, 0.3) is 5.91 Å². The lowest BCUT2D eigenvalue weighted by Gasteiger charge is -2.33. The van der Waals surface area contributed by atoms with E-state index in [1.807, 2.05) is 4.90 Å². The van der Waals surface area contributed by atoms with Crippen molar-refractivity contribution in [3.05, 3.63) is 77.9 Å². The van der Waals surface area contributed by atoms with Crippen LogP contribution in [0.15, 0.2) is 66.7 Å². The number of carbonyl (C=O) groups is 2. The van der Waals surface area contributed by atoms with Crippen LogP contribution in [0.5, 0.6) is 5.75 Å². The molecular formula is C24H23NO4. The molecule has 0 aliphatic carbocycles. The SMILES string of the molecule is O=C(O)COc1cccc(C(=O)N2CCC(c3cccc4ccccc34)CC2)c1. The Hall–Kier alpha value is -3.34. The molecule has 1 aliphatic rings. The number of likely N-dealkylation sites (tertiary alicyclic amines) is 1. The molecule has 4 rings (SSSR count). The number of carboxylic acid groups (broad SMARTS) is 1. The van der Waals surface area contributed by atoms with E-state index in [-0.39, 0.29) is 5.91 Å². The number of ether oxygens (including phenoxy) is 1. The van der Waals surface area contributed by atoms with E-state index >= 15 is 0 Å². The Morgan fingerprint density at radius 3 is 2.48 bits per heavy atom. The summed E-state index contributed by atoms with van der Waals surface area (Å²) in [7, 11) is 0. The van der Waals surface area contributed by atoms with Crippen LogP contribution in [0.2, 0.25) is 0 Å². The van der Waals surface area contributed by atoms with Gasteiger partial charge in [-0.2, -0.15) is 0 Å². The Kier molecular flexibility index (Phi) is 5.47. The standard InChI is InChI=1S/C24H23NO4/c26-23(27)16-29-20-8-3-7-19(15-20)24(28)25-13-11-18(12-14-25)22-10-4-6-17-5-1-2-9-21(17)22/h1-10,15,18H,11-14,16H2,(H,26,27). The van der Waals surface area contributed by atoms with E-state index in [4.69, 9.17) is 9.84 Å². The van der Waals surface area contributed by atoms with Crippen LogP contribution in [0.3, 0.4) is 0 Å². The average molecular weight is 389 g/mol. The molecule has 0 unspecified atom stereocenters. The first-order chi connectivity index (χ1) is 14.1. The predicted octanol–water partition coefficient (Wildman–Crippen LogP) is 4.32. The second kappa shape index (κ2) is 8.35. The van der Waals surface area contributed by atoms with Crippen molar-refractivity contribution in [2.45, 2.75) is 18.8 Å². The highest BCUT2D eigenvalue weighted by atomic mass is 16.5. The van der Waals surface area contributed by atoms with Crippen LogP contribution in [-0.2, 0) is 4.79 Å². The van der Waals surface area contributed by atoms with Crippen LogP contribution < -0.4 is 4.74 Å². The minimum Gasteiger partial charge on any atom is -0.482 e. The van der Waals surface area contributed by atoms with E-state index in [1.165, 1.54) is 16.3 Å². The fourth-order valence-electron chi connectivity index (χ4n) is 4.05. The molecule has 29 heavy (non-hydrogen) atoms. The average Bonchev–Trinajstić information content (AvgIpc) is 2.77. The third kappa shape index (κ3) is 4.24. The van der Waals surface area contributed by atoms with Crippen molar-refractivity contribution in [1.82, 2.24) is 4.90 Å². The Morgan fingerprint density at radius 1 is 0.966 bits per heavy atom. The molecule has 148 valence electrons. The molecule has 0 spiro atoms. The Morgan fingerprint density at radius 2 is 1.69 bits per heavy atom. The number of aliphatic carboxylic acids is 1. The summed E-state index contributed by atoms with van der Waals surface area (Å²) in [4.78, 5) is 25.4. The van der Waals surface area contributed by atoms with E-state index in [1.54, 1.807) is 24.3 Å². The fourth-order valence-corrected chi connectivity index (χ4v) is 4.05. The summed E-state index contributed by atoms with van der Waals surface area (Å²) in [6.45, 7) is 0.980. The number of hydrogen-bond donors (Lipinski definition) is 1. The van der Waals surface area contributed by atoms with Crippen LogP contribution in [0, 0.1) is 0 Å². The highest BCUT2D eigenvalue weighted by Gasteiger charge is 2.25. The zero-order valence-electron chi connectivity index (χ0n) is 16.1. The quantitative estimate of drug-likeness (QED) is 0.706. The summed E-state index contributed by atoms with van der Waals surface area (Å²) in [5, 5.41) is 11.3. The third-order valence-electron chi connectivity index (χ3n) is 5.49. The minimum absolute atomic E-state index is 0.0397. The van der Waals surface area contributed by atoms with Gasteiger partial charge >= 0.3 is 5.97 Å². The van der Waals surface area contributed by atoms with Crippen molar-refractivity contribution in [3.63, 3.8) is 0 Å². The molecule has 1 heterocycles. The van der Waals surface area contributed by atoms with Gasteiger partial charge in [-0.05, 0) is 53.3 Å². The number of rotatable bonds is 5. The monoisotopic (exact) mass is 389 g/mol. The summed E-state index contributed by atoms with van der Waals surface area (Å²) >= 11 is 0. The van der Waals surface area contributed by atoms with Crippen LogP contribution in [-0.4, -0.2) is 41.6 Å². The van der Waals surface area contributed by atoms with Gasteiger partial charge in [-0.1, -0.05) is 48.5 Å².